The van der Waals surface area contributed by atoms with Crippen molar-refractivity contribution >= 4 is 5.82 Å². The van der Waals surface area contributed by atoms with Gasteiger partial charge in [-0.1, -0.05) is 13.8 Å². The average molecular weight is 260 g/mol. The van der Waals surface area contributed by atoms with E-state index in [1.165, 1.54) is 13.0 Å². The van der Waals surface area contributed by atoms with Crippen molar-refractivity contribution in [2.45, 2.75) is 45.7 Å². The van der Waals surface area contributed by atoms with Crippen LogP contribution in [-0.2, 0) is 6.18 Å². The van der Waals surface area contributed by atoms with Crippen molar-refractivity contribution < 1.29 is 13.2 Å². The molecule has 1 aromatic heterocycles. The summed E-state index contributed by atoms with van der Waals surface area (Å²) in [6.07, 6.45) is -2.62. The molecule has 0 atom stereocenters. The maximum Gasteiger partial charge on any atom is 0.418 e. The van der Waals surface area contributed by atoms with Gasteiger partial charge in [0, 0.05) is 7.05 Å². The van der Waals surface area contributed by atoms with Gasteiger partial charge < -0.3 is 5.32 Å². The highest BCUT2D eigenvalue weighted by Gasteiger charge is 2.40. The Morgan fingerprint density at radius 2 is 1.83 bits per heavy atom. The van der Waals surface area contributed by atoms with Crippen molar-refractivity contribution in [2.24, 2.45) is 0 Å². The van der Waals surface area contributed by atoms with E-state index in [0.717, 1.165) is 12.8 Å². The molecule has 0 radical (unpaired) electrons. The van der Waals surface area contributed by atoms with Gasteiger partial charge in [-0.05, 0) is 37.3 Å². The van der Waals surface area contributed by atoms with Gasteiger partial charge in [-0.3, -0.25) is 0 Å². The predicted octanol–water partition coefficient (Wildman–Crippen LogP) is 4.35. The number of nitrogens with one attached hydrogen (secondary N) is 1. The standard InChI is InChI=1S/C11H13F3N2.C2H6/c1-6-10(11(12,13)14)8(7-3-4-7)5-9(15-2)16-6;1-2/h5,7H,3-4H2,1-2H3,(H,15,16);1-2H3. The van der Waals surface area contributed by atoms with Gasteiger partial charge in [0.25, 0.3) is 0 Å². The number of hydrogen-bond acceptors (Lipinski definition) is 2. The van der Waals surface area contributed by atoms with E-state index in [9.17, 15) is 13.2 Å². The minimum absolute atomic E-state index is 0.0567. The maximum absolute atomic E-state index is 12.9. The first kappa shape index (κ1) is 14.8. The van der Waals surface area contributed by atoms with Crippen molar-refractivity contribution in [3.63, 3.8) is 0 Å². The summed E-state index contributed by atoms with van der Waals surface area (Å²) >= 11 is 0. The van der Waals surface area contributed by atoms with Crippen LogP contribution >= 0.6 is 0 Å². The van der Waals surface area contributed by atoms with E-state index in [-0.39, 0.29) is 11.6 Å². The summed E-state index contributed by atoms with van der Waals surface area (Å²) in [7, 11) is 1.66. The smallest absolute Gasteiger partial charge is 0.373 e. The number of hydrogen-bond donors (Lipinski definition) is 1. The summed E-state index contributed by atoms with van der Waals surface area (Å²) in [5.41, 5.74) is -0.0976. The van der Waals surface area contributed by atoms with Gasteiger partial charge in [0.1, 0.15) is 5.82 Å². The molecule has 102 valence electrons. The van der Waals surface area contributed by atoms with Gasteiger partial charge in [0.15, 0.2) is 0 Å². The van der Waals surface area contributed by atoms with Crippen molar-refractivity contribution in [1.82, 2.24) is 4.98 Å². The van der Waals surface area contributed by atoms with Gasteiger partial charge in [-0.15, -0.1) is 0 Å². The first-order valence-corrected chi connectivity index (χ1v) is 6.20. The van der Waals surface area contributed by atoms with Crippen molar-refractivity contribution in [3.05, 3.63) is 22.9 Å². The Bertz CT molecular complexity index is 409. The zero-order valence-electron chi connectivity index (χ0n) is 11.2. The molecule has 1 saturated carbocycles. The number of nitrogens with zero attached hydrogens (tertiary/aromatic N) is 1. The fourth-order valence-electron chi connectivity index (χ4n) is 1.91. The number of rotatable bonds is 2. The molecule has 1 aromatic rings. The first-order valence-electron chi connectivity index (χ1n) is 6.20. The summed E-state index contributed by atoms with van der Waals surface area (Å²) in [5.74, 6) is 0.567. The first-order chi connectivity index (χ1) is 8.43. The second kappa shape index (κ2) is 5.59. The van der Waals surface area contributed by atoms with E-state index in [2.05, 4.69) is 10.3 Å². The second-order valence-electron chi connectivity index (χ2n) is 4.08. The van der Waals surface area contributed by atoms with Gasteiger partial charge in [0.2, 0.25) is 0 Å². The second-order valence-corrected chi connectivity index (χ2v) is 4.08. The van der Waals surface area contributed by atoms with Crippen LogP contribution in [0, 0.1) is 6.92 Å². The predicted molar refractivity (Wildman–Crippen MR) is 66.8 cm³/mol. The molecule has 2 nitrogen and oxygen atoms in total. The third kappa shape index (κ3) is 3.15. The van der Waals surface area contributed by atoms with E-state index in [4.69, 9.17) is 0 Å². The molecule has 1 aliphatic carbocycles. The van der Waals surface area contributed by atoms with E-state index in [1.54, 1.807) is 7.05 Å². The molecule has 0 unspecified atom stereocenters. The lowest BCUT2D eigenvalue weighted by Gasteiger charge is -2.16. The molecular weight excluding hydrogens is 241 g/mol. The third-order valence-electron chi connectivity index (χ3n) is 2.79. The summed E-state index contributed by atoms with van der Waals surface area (Å²) in [4.78, 5) is 3.90. The fourth-order valence-corrected chi connectivity index (χ4v) is 1.91. The van der Waals surface area contributed by atoms with Gasteiger partial charge in [0.05, 0.1) is 11.3 Å². The van der Waals surface area contributed by atoms with Crippen LogP contribution in [0.3, 0.4) is 0 Å². The molecule has 0 aromatic carbocycles. The summed E-state index contributed by atoms with van der Waals surface area (Å²) in [5, 5.41) is 2.79. The van der Waals surface area contributed by atoms with Crippen LogP contribution in [0.4, 0.5) is 19.0 Å². The molecular formula is C13H19F3N2. The SMILES string of the molecule is CC.CNc1cc(C2CC2)c(C(F)(F)F)c(C)n1. The zero-order valence-corrected chi connectivity index (χ0v) is 11.2. The van der Waals surface area contributed by atoms with Crippen LogP contribution in [0.2, 0.25) is 0 Å². The molecule has 0 bridgehead atoms. The lowest BCUT2D eigenvalue weighted by molar-refractivity contribution is -0.138. The molecule has 1 heterocycles. The Balaban J connectivity index is 0.000000771. The quantitative estimate of drug-likeness (QED) is 0.854. The molecule has 0 spiro atoms. The third-order valence-corrected chi connectivity index (χ3v) is 2.79. The number of anilines is 1. The van der Waals surface area contributed by atoms with Gasteiger partial charge in [-0.2, -0.15) is 13.2 Å². The normalized spacial score (nSPS) is 14.8. The van der Waals surface area contributed by atoms with Gasteiger partial charge in [-0.25, -0.2) is 4.98 Å². The number of aryl methyl sites for hydroxylation is 1. The molecule has 2 rings (SSSR count). The maximum atomic E-state index is 12.9. The minimum Gasteiger partial charge on any atom is -0.373 e. The highest BCUT2D eigenvalue weighted by molar-refractivity contribution is 5.47. The highest BCUT2D eigenvalue weighted by atomic mass is 19.4. The molecule has 1 aliphatic rings. The zero-order chi connectivity index (χ0) is 13.9. The molecule has 5 heteroatoms. The van der Waals surface area contributed by atoms with Crippen LogP contribution in [0.5, 0.6) is 0 Å². The Morgan fingerprint density at radius 1 is 1.28 bits per heavy atom. The summed E-state index contributed by atoms with van der Waals surface area (Å²) < 4.78 is 38.6. The lowest BCUT2D eigenvalue weighted by atomic mass is 10.0. The van der Waals surface area contributed by atoms with Crippen molar-refractivity contribution in [3.8, 4) is 0 Å². The van der Waals surface area contributed by atoms with Crippen molar-refractivity contribution in [1.29, 1.82) is 0 Å². The Morgan fingerprint density at radius 3 is 2.22 bits per heavy atom. The fraction of sp³-hybridized carbons (Fsp3) is 0.615. The van der Waals surface area contributed by atoms with E-state index < -0.39 is 11.7 Å². The average Bonchev–Trinajstić information content (AvgIpc) is 3.12. The molecule has 1 N–H and O–H groups in total. The summed E-state index contributed by atoms with van der Waals surface area (Å²) in [6.45, 7) is 5.41. The van der Waals surface area contributed by atoms with E-state index in [0.29, 0.717) is 11.4 Å². The van der Waals surface area contributed by atoms with Gasteiger partial charge >= 0.3 is 6.18 Å². The van der Waals surface area contributed by atoms with Crippen LogP contribution in [0.15, 0.2) is 6.07 Å². The Hall–Kier alpha value is -1.26. The van der Waals surface area contributed by atoms with E-state index >= 15 is 0 Å². The van der Waals surface area contributed by atoms with Crippen LogP contribution < -0.4 is 5.32 Å². The molecule has 0 amide bonds. The van der Waals surface area contributed by atoms with Crippen molar-refractivity contribution in [2.75, 3.05) is 12.4 Å². The topological polar surface area (TPSA) is 24.9 Å². The lowest BCUT2D eigenvalue weighted by Crippen LogP contribution is -2.13. The van der Waals surface area contributed by atoms with Crippen LogP contribution in [0.25, 0.3) is 0 Å². The highest BCUT2D eigenvalue weighted by Crippen LogP contribution is 2.47. The molecule has 0 aliphatic heterocycles. The molecule has 0 saturated heterocycles. The van der Waals surface area contributed by atoms with Crippen LogP contribution in [-0.4, -0.2) is 12.0 Å². The largest absolute Gasteiger partial charge is 0.418 e. The van der Waals surface area contributed by atoms with E-state index in [1.807, 2.05) is 13.8 Å². The number of pyridine rings is 1. The minimum atomic E-state index is -4.30. The number of aromatic nitrogens is 1. The number of alkyl halides is 3. The summed E-state index contributed by atoms with van der Waals surface area (Å²) in [6, 6.07) is 1.52. The number of halogens is 3. The Kier molecular flexibility index (Phi) is 4.59. The molecule has 18 heavy (non-hydrogen) atoms. The van der Waals surface area contributed by atoms with Crippen LogP contribution in [0.1, 0.15) is 49.4 Å². The monoisotopic (exact) mass is 260 g/mol. The Labute approximate surface area is 106 Å². The molecule has 1 fully saturated rings.